The summed E-state index contributed by atoms with van der Waals surface area (Å²) in [5.74, 6) is 0.470. The summed E-state index contributed by atoms with van der Waals surface area (Å²) >= 11 is 0. The molecule has 4 nitrogen and oxygen atoms in total. The lowest BCUT2D eigenvalue weighted by Crippen LogP contribution is -2.45. The Bertz CT molecular complexity index is 427. The maximum absolute atomic E-state index is 12.2. The van der Waals surface area contributed by atoms with E-state index < -0.39 is 0 Å². The zero-order chi connectivity index (χ0) is 13.7. The van der Waals surface area contributed by atoms with Crippen LogP contribution in [0.5, 0.6) is 0 Å². The topological polar surface area (TPSA) is 68.0 Å². The molecule has 19 heavy (non-hydrogen) atoms. The third-order valence-corrected chi connectivity index (χ3v) is 3.93. The predicted molar refractivity (Wildman–Crippen MR) is 75.9 cm³/mol. The first kappa shape index (κ1) is 14.0. The zero-order valence-electron chi connectivity index (χ0n) is 11.6. The van der Waals surface area contributed by atoms with Crippen molar-refractivity contribution in [1.29, 1.82) is 0 Å². The molecule has 2 rings (SSSR count). The van der Waals surface area contributed by atoms with Gasteiger partial charge in [0, 0.05) is 25.0 Å². The van der Waals surface area contributed by atoms with Gasteiger partial charge in [-0.05, 0) is 37.3 Å². The van der Waals surface area contributed by atoms with Crippen molar-refractivity contribution in [3.63, 3.8) is 0 Å². The number of aromatic nitrogens is 1. The number of amides is 1. The number of aryl methyl sites for hydroxylation is 1. The van der Waals surface area contributed by atoms with Crippen molar-refractivity contribution in [2.24, 2.45) is 11.7 Å². The largest absolute Gasteiger partial charge is 0.348 e. The second kappa shape index (κ2) is 6.66. The van der Waals surface area contributed by atoms with Crippen molar-refractivity contribution in [3.8, 4) is 0 Å². The molecule has 0 aliphatic heterocycles. The van der Waals surface area contributed by atoms with Gasteiger partial charge in [-0.1, -0.05) is 19.3 Å². The molecular weight excluding hydrogens is 238 g/mol. The Balaban J connectivity index is 1.99. The second-order valence-corrected chi connectivity index (χ2v) is 5.46. The Morgan fingerprint density at radius 2 is 2.16 bits per heavy atom. The van der Waals surface area contributed by atoms with Gasteiger partial charge in [0.15, 0.2) is 0 Å². The molecule has 104 valence electrons. The lowest BCUT2D eigenvalue weighted by Gasteiger charge is -2.30. The van der Waals surface area contributed by atoms with Gasteiger partial charge in [-0.2, -0.15) is 0 Å². The fraction of sp³-hybridized carbons (Fsp3) is 0.600. The van der Waals surface area contributed by atoms with E-state index in [-0.39, 0.29) is 11.9 Å². The lowest BCUT2D eigenvalue weighted by atomic mass is 9.84. The summed E-state index contributed by atoms with van der Waals surface area (Å²) in [4.78, 5) is 16.3. The highest BCUT2D eigenvalue weighted by Crippen LogP contribution is 2.26. The van der Waals surface area contributed by atoms with E-state index in [1.165, 1.54) is 32.1 Å². The third kappa shape index (κ3) is 3.77. The summed E-state index contributed by atoms with van der Waals surface area (Å²) in [7, 11) is 0. The van der Waals surface area contributed by atoms with Gasteiger partial charge in [-0.3, -0.25) is 9.78 Å². The molecule has 1 amide bonds. The summed E-state index contributed by atoms with van der Waals surface area (Å²) in [5, 5.41) is 3.08. The first-order chi connectivity index (χ1) is 9.20. The SMILES string of the molecule is Cc1cncc(C(=O)NC(CN)C2CCCCC2)c1. The summed E-state index contributed by atoms with van der Waals surface area (Å²) in [6.07, 6.45) is 9.52. The quantitative estimate of drug-likeness (QED) is 0.871. The Morgan fingerprint density at radius 1 is 1.42 bits per heavy atom. The minimum atomic E-state index is -0.0581. The highest BCUT2D eigenvalue weighted by atomic mass is 16.1. The maximum atomic E-state index is 12.2. The van der Waals surface area contributed by atoms with E-state index in [0.29, 0.717) is 18.0 Å². The highest BCUT2D eigenvalue weighted by Gasteiger charge is 2.24. The average Bonchev–Trinajstić information content (AvgIpc) is 2.45. The number of rotatable bonds is 4. The molecule has 1 aliphatic rings. The third-order valence-electron chi connectivity index (χ3n) is 3.93. The standard InChI is InChI=1S/C15H23N3O/c1-11-7-13(10-17-9-11)15(19)18-14(8-16)12-5-3-2-4-6-12/h7,9-10,12,14H,2-6,8,16H2,1H3,(H,18,19). The molecule has 1 fully saturated rings. The van der Waals surface area contributed by atoms with Crippen molar-refractivity contribution in [3.05, 3.63) is 29.6 Å². The average molecular weight is 261 g/mol. The maximum Gasteiger partial charge on any atom is 0.253 e. The number of hydrogen-bond donors (Lipinski definition) is 2. The number of nitrogens with zero attached hydrogens (tertiary/aromatic N) is 1. The summed E-state index contributed by atoms with van der Waals surface area (Å²) in [5.41, 5.74) is 7.44. The number of pyridine rings is 1. The van der Waals surface area contributed by atoms with Crippen LogP contribution in [0.2, 0.25) is 0 Å². The molecule has 3 N–H and O–H groups in total. The van der Waals surface area contributed by atoms with E-state index in [9.17, 15) is 4.79 Å². The fourth-order valence-electron chi connectivity index (χ4n) is 2.84. The molecule has 1 aliphatic carbocycles. The number of carbonyl (C=O) groups is 1. The number of nitrogens with two attached hydrogens (primary N) is 1. The van der Waals surface area contributed by atoms with E-state index in [1.807, 2.05) is 13.0 Å². The van der Waals surface area contributed by atoms with Gasteiger partial charge in [0.05, 0.1) is 5.56 Å². The van der Waals surface area contributed by atoms with E-state index in [4.69, 9.17) is 5.73 Å². The van der Waals surface area contributed by atoms with Gasteiger partial charge in [-0.25, -0.2) is 0 Å². The van der Waals surface area contributed by atoms with E-state index in [2.05, 4.69) is 10.3 Å². The minimum Gasteiger partial charge on any atom is -0.348 e. The second-order valence-electron chi connectivity index (χ2n) is 5.46. The molecule has 0 saturated heterocycles. The van der Waals surface area contributed by atoms with E-state index in [0.717, 1.165) is 5.56 Å². The molecule has 0 bridgehead atoms. The molecule has 1 aromatic heterocycles. The highest BCUT2D eigenvalue weighted by molar-refractivity contribution is 5.94. The molecule has 1 saturated carbocycles. The molecule has 1 atom stereocenters. The molecule has 1 aromatic rings. The van der Waals surface area contributed by atoms with Crippen LogP contribution in [0.3, 0.4) is 0 Å². The van der Waals surface area contributed by atoms with Gasteiger partial charge in [0.2, 0.25) is 0 Å². The van der Waals surface area contributed by atoms with Crippen LogP contribution in [0, 0.1) is 12.8 Å². The number of hydrogen-bond acceptors (Lipinski definition) is 3. The normalized spacial score (nSPS) is 18.0. The monoisotopic (exact) mass is 261 g/mol. The van der Waals surface area contributed by atoms with Crippen LogP contribution in [0.4, 0.5) is 0 Å². The van der Waals surface area contributed by atoms with Gasteiger partial charge in [-0.15, -0.1) is 0 Å². The Hall–Kier alpha value is -1.42. The summed E-state index contributed by atoms with van der Waals surface area (Å²) in [6, 6.07) is 1.95. The van der Waals surface area contributed by atoms with Gasteiger partial charge < -0.3 is 11.1 Å². The Kier molecular flexibility index (Phi) is 4.91. The van der Waals surface area contributed by atoms with Crippen LogP contribution in [0.1, 0.15) is 48.0 Å². The van der Waals surface area contributed by atoms with Gasteiger partial charge in [0.25, 0.3) is 5.91 Å². The molecule has 1 unspecified atom stereocenters. The molecule has 4 heteroatoms. The molecule has 1 heterocycles. The number of nitrogens with one attached hydrogen (secondary N) is 1. The first-order valence-electron chi connectivity index (χ1n) is 7.13. The summed E-state index contributed by atoms with van der Waals surface area (Å²) in [6.45, 7) is 2.45. The fourth-order valence-corrected chi connectivity index (χ4v) is 2.84. The molecular formula is C15H23N3O. The van der Waals surface area contributed by atoms with Crippen molar-refractivity contribution >= 4 is 5.91 Å². The van der Waals surface area contributed by atoms with Crippen molar-refractivity contribution < 1.29 is 4.79 Å². The number of carbonyl (C=O) groups excluding carboxylic acids is 1. The van der Waals surface area contributed by atoms with Crippen LogP contribution >= 0.6 is 0 Å². The van der Waals surface area contributed by atoms with E-state index in [1.54, 1.807) is 12.4 Å². The van der Waals surface area contributed by atoms with Gasteiger partial charge >= 0.3 is 0 Å². The Morgan fingerprint density at radius 3 is 2.79 bits per heavy atom. The van der Waals surface area contributed by atoms with Crippen LogP contribution < -0.4 is 11.1 Å². The van der Waals surface area contributed by atoms with Crippen LogP contribution in [0.25, 0.3) is 0 Å². The zero-order valence-corrected chi connectivity index (χ0v) is 11.6. The molecule has 0 aromatic carbocycles. The van der Waals surface area contributed by atoms with E-state index >= 15 is 0 Å². The van der Waals surface area contributed by atoms with Crippen molar-refractivity contribution in [2.75, 3.05) is 6.54 Å². The predicted octanol–water partition coefficient (Wildman–Crippen LogP) is 2.03. The minimum absolute atomic E-state index is 0.0581. The van der Waals surface area contributed by atoms with Crippen molar-refractivity contribution in [2.45, 2.75) is 45.1 Å². The Labute approximate surface area is 114 Å². The van der Waals surface area contributed by atoms with Crippen LogP contribution in [-0.4, -0.2) is 23.5 Å². The van der Waals surface area contributed by atoms with Crippen molar-refractivity contribution in [1.82, 2.24) is 10.3 Å². The van der Waals surface area contributed by atoms with Gasteiger partial charge in [0.1, 0.15) is 0 Å². The lowest BCUT2D eigenvalue weighted by molar-refractivity contribution is 0.0915. The van der Waals surface area contributed by atoms with Crippen LogP contribution in [0.15, 0.2) is 18.5 Å². The first-order valence-corrected chi connectivity index (χ1v) is 7.13. The smallest absolute Gasteiger partial charge is 0.253 e. The molecule has 0 radical (unpaired) electrons. The van der Waals surface area contributed by atoms with Crippen LogP contribution in [-0.2, 0) is 0 Å². The summed E-state index contributed by atoms with van der Waals surface area (Å²) < 4.78 is 0. The molecule has 0 spiro atoms.